The maximum absolute atomic E-state index is 11.4. The highest BCUT2D eigenvalue weighted by Gasteiger charge is 2.22. The molecule has 1 saturated carbocycles. The molecule has 5 heteroatoms. The molecule has 2 rings (SSSR count). The van der Waals surface area contributed by atoms with Gasteiger partial charge in [-0.25, -0.2) is 0 Å². The van der Waals surface area contributed by atoms with Crippen LogP contribution in [0, 0.1) is 0 Å². The number of amides is 1. The van der Waals surface area contributed by atoms with E-state index >= 15 is 0 Å². The molecule has 0 aliphatic heterocycles. The van der Waals surface area contributed by atoms with Crippen LogP contribution < -0.4 is 5.32 Å². The Morgan fingerprint density at radius 3 is 2.82 bits per heavy atom. The Kier molecular flexibility index (Phi) is 4.60. The molecule has 1 aliphatic rings. The molecule has 0 saturated heterocycles. The molecule has 17 heavy (non-hydrogen) atoms. The van der Waals surface area contributed by atoms with Crippen LogP contribution >= 0.6 is 35.0 Å². The number of nitrogens with one attached hydrogen (secondary N) is 1. The van der Waals surface area contributed by atoms with Crippen molar-refractivity contribution in [1.29, 1.82) is 0 Å². The zero-order valence-corrected chi connectivity index (χ0v) is 11.5. The lowest BCUT2D eigenvalue weighted by Gasteiger charge is -2.05. The fourth-order valence-electron chi connectivity index (χ4n) is 1.39. The van der Waals surface area contributed by atoms with E-state index in [1.165, 1.54) is 0 Å². The highest BCUT2D eigenvalue weighted by molar-refractivity contribution is 7.99. The monoisotopic (exact) mass is 289 g/mol. The molecule has 92 valence electrons. The normalized spacial score (nSPS) is 14.7. The fraction of sp³-hybridized carbons (Fsp3) is 0.417. The van der Waals surface area contributed by atoms with E-state index in [2.05, 4.69) is 5.32 Å². The number of benzene rings is 1. The molecule has 1 amide bonds. The van der Waals surface area contributed by atoms with Gasteiger partial charge in [0.05, 0.1) is 5.75 Å². The highest BCUT2D eigenvalue weighted by Crippen LogP contribution is 2.25. The van der Waals surface area contributed by atoms with Crippen LogP contribution in [0.15, 0.2) is 18.2 Å². The second kappa shape index (κ2) is 5.98. The van der Waals surface area contributed by atoms with Gasteiger partial charge in [-0.1, -0.05) is 29.3 Å². The van der Waals surface area contributed by atoms with Gasteiger partial charge in [-0.3, -0.25) is 4.79 Å². The van der Waals surface area contributed by atoms with E-state index in [1.54, 1.807) is 17.8 Å². The van der Waals surface area contributed by atoms with Gasteiger partial charge in [-0.15, -0.1) is 11.8 Å². The number of hydrogen-bond donors (Lipinski definition) is 1. The number of carbonyl (C=O) groups excluding carboxylic acids is 1. The van der Waals surface area contributed by atoms with E-state index in [0.717, 1.165) is 24.2 Å². The third kappa shape index (κ3) is 4.41. The summed E-state index contributed by atoms with van der Waals surface area (Å²) in [5, 5.41) is 4.24. The fourth-order valence-corrected chi connectivity index (χ4v) is 2.79. The van der Waals surface area contributed by atoms with E-state index in [-0.39, 0.29) is 5.91 Å². The molecule has 0 spiro atoms. The van der Waals surface area contributed by atoms with E-state index in [9.17, 15) is 4.79 Å². The van der Waals surface area contributed by atoms with Gasteiger partial charge in [-0.05, 0) is 30.5 Å². The maximum Gasteiger partial charge on any atom is 0.230 e. The number of hydrogen-bond acceptors (Lipinski definition) is 2. The van der Waals surface area contributed by atoms with E-state index in [0.29, 0.717) is 21.8 Å². The third-order valence-electron chi connectivity index (χ3n) is 2.45. The van der Waals surface area contributed by atoms with Gasteiger partial charge in [0.1, 0.15) is 0 Å². The van der Waals surface area contributed by atoms with Crippen molar-refractivity contribution in [2.24, 2.45) is 0 Å². The minimum absolute atomic E-state index is 0.114. The Morgan fingerprint density at radius 2 is 2.18 bits per heavy atom. The molecule has 1 aliphatic carbocycles. The van der Waals surface area contributed by atoms with Gasteiger partial charge in [0.2, 0.25) is 5.91 Å². The molecule has 0 radical (unpaired) electrons. The maximum atomic E-state index is 11.4. The van der Waals surface area contributed by atoms with Crippen molar-refractivity contribution in [1.82, 2.24) is 5.32 Å². The highest BCUT2D eigenvalue weighted by atomic mass is 35.5. The van der Waals surface area contributed by atoms with Gasteiger partial charge < -0.3 is 5.32 Å². The second-order valence-corrected chi connectivity index (χ2v) is 5.90. The van der Waals surface area contributed by atoms with E-state index in [1.807, 2.05) is 12.1 Å². The second-order valence-electron chi connectivity index (χ2n) is 4.07. The molecular formula is C12H13Cl2NOS. The van der Waals surface area contributed by atoms with Crippen LogP contribution in [0.3, 0.4) is 0 Å². The Labute approximate surface area is 115 Å². The summed E-state index contributed by atoms with van der Waals surface area (Å²) in [5.74, 6) is 1.33. The van der Waals surface area contributed by atoms with Gasteiger partial charge in [0.15, 0.2) is 0 Å². The topological polar surface area (TPSA) is 29.1 Å². The predicted octanol–water partition coefficient (Wildman–Crippen LogP) is 3.51. The smallest absolute Gasteiger partial charge is 0.230 e. The SMILES string of the molecule is O=C(CSCc1ccc(Cl)cc1Cl)NC1CC1. The van der Waals surface area contributed by atoms with Crippen molar-refractivity contribution < 1.29 is 4.79 Å². The zero-order chi connectivity index (χ0) is 12.3. The van der Waals surface area contributed by atoms with Crippen LogP contribution in [-0.4, -0.2) is 17.7 Å². The first-order valence-corrected chi connectivity index (χ1v) is 7.37. The van der Waals surface area contributed by atoms with E-state index in [4.69, 9.17) is 23.2 Å². The quantitative estimate of drug-likeness (QED) is 0.899. The molecule has 0 atom stereocenters. The lowest BCUT2D eigenvalue weighted by Crippen LogP contribution is -2.27. The van der Waals surface area contributed by atoms with Crippen molar-refractivity contribution in [3.8, 4) is 0 Å². The third-order valence-corrected chi connectivity index (χ3v) is 4.02. The van der Waals surface area contributed by atoms with Gasteiger partial charge in [-0.2, -0.15) is 0 Å². The Bertz CT molecular complexity index is 421. The van der Waals surface area contributed by atoms with E-state index < -0.39 is 0 Å². The van der Waals surface area contributed by atoms with Crippen LogP contribution in [0.25, 0.3) is 0 Å². The first-order valence-electron chi connectivity index (χ1n) is 5.46. The minimum atomic E-state index is 0.114. The largest absolute Gasteiger partial charge is 0.353 e. The molecule has 1 aromatic rings. The molecule has 0 bridgehead atoms. The van der Waals surface area contributed by atoms with Crippen LogP contribution in [0.2, 0.25) is 10.0 Å². The Morgan fingerprint density at radius 1 is 1.41 bits per heavy atom. The van der Waals surface area contributed by atoms with Crippen LogP contribution in [-0.2, 0) is 10.5 Å². The molecule has 0 heterocycles. The molecular weight excluding hydrogens is 277 g/mol. The zero-order valence-electron chi connectivity index (χ0n) is 9.21. The lowest BCUT2D eigenvalue weighted by atomic mass is 10.2. The predicted molar refractivity (Wildman–Crippen MR) is 73.8 cm³/mol. The summed E-state index contributed by atoms with van der Waals surface area (Å²) in [7, 11) is 0. The summed E-state index contributed by atoms with van der Waals surface area (Å²) in [4.78, 5) is 11.4. The summed E-state index contributed by atoms with van der Waals surface area (Å²) in [6.07, 6.45) is 2.25. The first kappa shape index (κ1) is 13.1. The standard InChI is InChI=1S/C12H13Cl2NOS/c13-9-2-1-8(11(14)5-9)6-17-7-12(16)15-10-3-4-10/h1-2,5,10H,3-4,6-7H2,(H,15,16). The summed E-state index contributed by atoms with van der Waals surface area (Å²) >= 11 is 13.4. The first-order chi connectivity index (χ1) is 8.15. The molecule has 0 aromatic heterocycles. The Hall–Kier alpha value is -0.380. The summed E-state index contributed by atoms with van der Waals surface area (Å²) in [6, 6.07) is 5.87. The lowest BCUT2D eigenvalue weighted by molar-refractivity contribution is -0.118. The summed E-state index contributed by atoms with van der Waals surface area (Å²) in [5.41, 5.74) is 1.01. The summed E-state index contributed by atoms with van der Waals surface area (Å²) < 4.78 is 0. The van der Waals surface area contributed by atoms with Crippen molar-refractivity contribution >= 4 is 40.9 Å². The van der Waals surface area contributed by atoms with Gasteiger partial charge >= 0.3 is 0 Å². The molecule has 1 N–H and O–H groups in total. The van der Waals surface area contributed by atoms with Crippen LogP contribution in [0.1, 0.15) is 18.4 Å². The number of halogens is 2. The summed E-state index contributed by atoms with van der Waals surface area (Å²) in [6.45, 7) is 0. The van der Waals surface area contributed by atoms with Crippen LogP contribution in [0.5, 0.6) is 0 Å². The van der Waals surface area contributed by atoms with Crippen molar-refractivity contribution in [3.63, 3.8) is 0 Å². The molecule has 2 nitrogen and oxygen atoms in total. The van der Waals surface area contributed by atoms with Gasteiger partial charge in [0, 0.05) is 21.8 Å². The van der Waals surface area contributed by atoms with Crippen molar-refractivity contribution in [3.05, 3.63) is 33.8 Å². The van der Waals surface area contributed by atoms with Crippen molar-refractivity contribution in [2.45, 2.75) is 24.6 Å². The Balaban J connectivity index is 1.75. The van der Waals surface area contributed by atoms with Crippen molar-refractivity contribution in [2.75, 3.05) is 5.75 Å². The molecule has 1 fully saturated rings. The number of thioether (sulfide) groups is 1. The average Bonchev–Trinajstić information content (AvgIpc) is 3.05. The van der Waals surface area contributed by atoms with Gasteiger partial charge in [0.25, 0.3) is 0 Å². The van der Waals surface area contributed by atoms with Crippen LogP contribution in [0.4, 0.5) is 0 Å². The molecule has 1 aromatic carbocycles. The molecule has 0 unspecified atom stereocenters. The number of carbonyl (C=O) groups is 1. The number of rotatable bonds is 5. The average molecular weight is 290 g/mol. The minimum Gasteiger partial charge on any atom is -0.353 e.